The van der Waals surface area contributed by atoms with Gasteiger partial charge in [-0.2, -0.15) is 0 Å². The van der Waals surface area contributed by atoms with Crippen LogP contribution in [-0.2, 0) is 4.74 Å². The van der Waals surface area contributed by atoms with Crippen LogP contribution in [0.5, 0.6) is 0 Å². The summed E-state index contributed by atoms with van der Waals surface area (Å²) in [6.45, 7) is 3.08. The van der Waals surface area contributed by atoms with E-state index in [1.807, 2.05) is 0 Å². The maximum absolute atomic E-state index is 11.8. The number of hydrogen-bond donors (Lipinski definition) is 2. The Labute approximate surface area is 108 Å². The quantitative estimate of drug-likeness (QED) is 0.667. The summed E-state index contributed by atoms with van der Waals surface area (Å²) in [6, 6.07) is -0.0372. The number of aliphatic hydroxyl groups excluding tert-OH is 1. The molecule has 0 unspecified atom stereocenters. The largest absolute Gasteiger partial charge is 0.394 e. The highest BCUT2D eigenvalue weighted by Gasteiger charge is 2.27. The minimum absolute atomic E-state index is 0.0103. The number of nitrogens with zero attached hydrogens (tertiary/aromatic N) is 1. The third kappa shape index (κ3) is 4.14. The highest BCUT2D eigenvalue weighted by atomic mass is 16.5. The highest BCUT2D eigenvalue weighted by molar-refractivity contribution is 5.74. The summed E-state index contributed by atoms with van der Waals surface area (Å²) in [4.78, 5) is 13.6. The second-order valence-corrected chi connectivity index (χ2v) is 5.28. The van der Waals surface area contributed by atoms with Gasteiger partial charge in [0.2, 0.25) is 0 Å². The summed E-state index contributed by atoms with van der Waals surface area (Å²) in [5.41, 5.74) is 0. The van der Waals surface area contributed by atoms with E-state index in [0.29, 0.717) is 6.54 Å². The fourth-order valence-electron chi connectivity index (χ4n) is 2.30. The predicted octanol–water partition coefficient (Wildman–Crippen LogP) is 0.969. The van der Waals surface area contributed by atoms with Crippen molar-refractivity contribution in [1.82, 2.24) is 10.2 Å². The number of carbonyl (C=O) groups excluding carboxylic acids is 1. The molecule has 5 heteroatoms. The van der Waals surface area contributed by atoms with E-state index >= 15 is 0 Å². The van der Waals surface area contributed by atoms with Crippen molar-refractivity contribution in [1.29, 1.82) is 0 Å². The Bertz CT molecular complexity index is 269. The Balaban J connectivity index is 1.50. The van der Waals surface area contributed by atoms with Crippen LogP contribution in [0.3, 0.4) is 0 Å². The molecule has 2 aliphatic rings. The van der Waals surface area contributed by atoms with Crippen molar-refractivity contribution in [2.45, 2.75) is 38.1 Å². The SMILES string of the molecule is O=C(NCCCOCC1CC1)N1CCC[C@H]1CO. The zero-order valence-corrected chi connectivity index (χ0v) is 10.9. The van der Waals surface area contributed by atoms with Gasteiger partial charge < -0.3 is 20.1 Å². The van der Waals surface area contributed by atoms with Gasteiger partial charge in [0.25, 0.3) is 0 Å². The summed E-state index contributed by atoms with van der Waals surface area (Å²) >= 11 is 0. The first-order valence-corrected chi connectivity index (χ1v) is 7.04. The Morgan fingerprint density at radius 2 is 2.22 bits per heavy atom. The molecule has 1 heterocycles. The molecule has 5 nitrogen and oxygen atoms in total. The zero-order chi connectivity index (χ0) is 12.8. The van der Waals surface area contributed by atoms with Crippen LogP contribution in [0.2, 0.25) is 0 Å². The highest BCUT2D eigenvalue weighted by Crippen LogP contribution is 2.28. The van der Waals surface area contributed by atoms with Crippen LogP contribution in [0, 0.1) is 5.92 Å². The van der Waals surface area contributed by atoms with E-state index in [4.69, 9.17) is 9.84 Å². The molecule has 1 aliphatic carbocycles. The molecular formula is C13H24N2O3. The molecule has 1 saturated carbocycles. The van der Waals surface area contributed by atoms with E-state index in [1.165, 1.54) is 12.8 Å². The lowest BCUT2D eigenvalue weighted by atomic mass is 10.2. The van der Waals surface area contributed by atoms with Gasteiger partial charge in [-0.3, -0.25) is 0 Å². The summed E-state index contributed by atoms with van der Waals surface area (Å²) in [5.74, 6) is 0.800. The number of hydrogen-bond acceptors (Lipinski definition) is 3. The fourth-order valence-corrected chi connectivity index (χ4v) is 2.30. The lowest BCUT2D eigenvalue weighted by molar-refractivity contribution is 0.121. The maximum Gasteiger partial charge on any atom is 0.317 e. The minimum Gasteiger partial charge on any atom is -0.394 e. The van der Waals surface area contributed by atoms with E-state index in [-0.39, 0.29) is 18.7 Å². The molecule has 1 atom stereocenters. The van der Waals surface area contributed by atoms with Crippen LogP contribution in [0.4, 0.5) is 4.79 Å². The molecule has 2 rings (SSSR count). The van der Waals surface area contributed by atoms with Gasteiger partial charge in [0.1, 0.15) is 0 Å². The average molecular weight is 256 g/mol. The van der Waals surface area contributed by atoms with E-state index in [1.54, 1.807) is 4.90 Å². The Kier molecular flexibility index (Phi) is 5.26. The fraction of sp³-hybridized carbons (Fsp3) is 0.923. The van der Waals surface area contributed by atoms with E-state index in [9.17, 15) is 4.79 Å². The van der Waals surface area contributed by atoms with Crippen LogP contribution < -0.4 is 5.32 Å². The number of rotatable bonds is 7. The third-order valence-corrected chi connectivity index (χ3v) is 3.64. The first kappa shape index (κ1) is 13.6. The summed E-state index contributed by atoms with van der Waals surface area (Å²) in [7, 11) is 0. The smallest absolute Gasteiger partial charge is 0.317 e. The molecule has 1 aliphatic heterocycles. The Morgan fingerprint density at radius 3 is 2.94 bits per heavy atom. The standard InChI is InChI=1S/C13H24N2O3/c16-9-12-3-1-7-15(12)13(17)14-6-2-8-18-10-11-4-5-11/h11-12,16H,1-10H2,(H,14,17)/t12-/m0/s1. The molecule has 2 fully saturated rings. The van der Waals surface area contributed by atoms with Crippen LogP contribution in [-0.4, -0.2) is 55.0 Å². The number of carbonyl (C=O) groups is 1. The number of nitrogens with one attached hydrogen (secondary N) is 1. The molecule has 0 aromatic carbocycles. The molecule has 0 spiro atoms. The molecule has 0 radical (unpaired) electrons. The summed E-state index contributed by atoms with van der Waals surface area (Å²) < 4.78 is 5.50. The average Bonchev–Trinajstić information content (AvgIpc) is 3.07. The number of likely N-dealkylation sites (tertiary alicyclic amines) is 1. The number of urea groups is 1. The van der Waals surface area contributed by atoms with Crippen molar-refractivity contribution >= 4 is 6.03 Å². The van der Waals surface area contributed by atoms with Gasteiger partial charge in [-0.15, -0.1) is 0 Å². The molecule has 1 saturated heterocycles. The number of ether oxygens (including phenoxy) is 1. The van der Waals surface area contributed by atoms with Crippen molar-refractivity contribution in [2.24, 2.45) is 5.92 Å². The predicted molar refractivity (Wildman–Crippen MR) is 68.4 cm³/mol. The van der Waals surface area contributed by atoms with E-state index in [2.05, 4.69) is 5.32 Å². The lowest BCUT2D eigenvalue weighted by Crippen LogP contribution is -2.44. The van der Waals surface area contributed by atoms with Crippen LogP contribution in [0.15, 0.2) is 0 Å². The Hall–Kier alpha value is -0.810. The molecule has 18 heavy (non-hydrogen) atoms. The maximum atomic E-state index is 11.8. The van der Waals surface area contributed by atoms with Crippen LogP contribution >= 0.6 is 0 Å². The number of amides is 2. The van der Waals surface area contributed by atoms with Crippen LogP contribution in [0.25, 0.3) is 0 Å². The van der Waals surface area contributed by atoms with Gasteiger partial charge >= 0.3 is 6.03 Å². The van der Waals surface area contributed by atoms with Gasteiger partial charge in [-0.05, 0) is 38.0 Å². The molecular weight excluding hydrogens is 232 g/mol. The molecule has 0 aromatic heterocycles. The van der Waals surface area contributed by atoms with Gasteiger partial charge in [0.05, 0.1) is 12.6 Å². The van der Waals surface area contributed by atoms with Crippen molar-refractivity contribution in [3.05, 3.63) is 0 Å². The summed E-state index contributed by atoms with van der Waals surface area (Å²) in [5, 5.41) is 12.0. The van der Waals surface area contributed by atoms with Gasteiger partial charge in [-0.25, -0.2) is 4.79 Å². The molecule has 2 amide bonds. The van der Waals surface area contributed by atoms with E-state index in [0.717, 1.165) is 44.9 Å². The topological polar surface area (TPSA) is 61.8 Å². The third-order valence-electron chi connectivity index (χ3n) is 3.64. The first-order valence-electron chi connectivity index (χ1n) is 7.04. The molecule has 104 valence electrons. The monoisotopic (exact) mass is 256 g/mol. The second kappa shape index (κ2) is 6.95. The number of aliphatic hydroxyl groups is 1. The van der Waals surface area contributed by atoms with Crippen molar-refractivity contribution in [3.8, 4) is 0 Å². The first-order chi connectivity index (χ1) is 8.81. The minimum atomic E-state index is -0.0475. The lowest BCUT2D eigenvalue weighted by Gasteiger charge is -2.23. The van der Waals surface area contributed by atoms with Gasteiger partial charge in [0.15, 0.2) is 0 Å². The normalized spacial score (nSPS) is 23.4. The van der Waals surface area contributed by atoms with Crippen molar-refractivity contribution in [3.63, 3.8) is 0 Å². The zero-order valence-electron chi connectivity index (χ0n) is 10.9. The molecule has 0 bridgehead atoms. The second-order valence-electron chi connectivity index (χ2n) is 5.28. The Morgan fingerprint density at radius 1 is 1.39 bits per heavy atom. The molecule has 0 aromatic rings. The van der Waals surface area contributed by atoms with Gasteiger partial charge in [-0.1, -0.05) is 0 Å². The summed E-state index contributed by atoms with van der Waals surface area (Å²) in [6.07, 6.45) is 5.39. The van der Waals surface area contributed by atoms with Crippen LogP contribution in [0.1, 0.15) is 32.1 Å². The van der Waals surface area contributed by atoms with Gasteiger partial charge in [0, 0.05) is 26.3 Å². The molecule has 2 N–H and O–H groups in total. The van der Waals surface area contributed by atoms with Crippen molar-refractivity contribution in [2.75, 3.05) is 32.9 Å². The van der Waals surface area contributed by atoms with Crippen molar-refractivity contribution < 1.29 is 14.6 Å². The van der Waals surface area contributed by atoms with E-state index < -0.39 is 0 Å².